The molecule has 0 saturated carbocycles. The lowest BCUT2D eigenvalue weighted by Gasteiger charge is -2.18. The van der Waals surface area contributed by atoms with Gasteiger partial charge in [-0.3, -0.25) is 0 Å². The first-order valence-corrected chi connectivity index (χ1v) is 5.76. The minimum absolute atomic E-state index is 0.157. The zero-order valence-electron chi connectivity index (χ0n) is 8.80. The molecule has 0 fully saturated rings. The summed E-state index contributed by atoms with van der Waals surface area (Å²) in [6.45, 7) is 3.80. The zero-order chi connectivity index (χ0) is 10.8. The highest BCUT2D eigenvalue weighted by atomic mass is 32.2. The average molecular weight is 213 g/mol. The highest BCUT2D eigenvalue weighted by molar-refractivity contribution is 7.98. The largest absolute Gasteiger partial charge is 0.325 e. The van der Waals surface area contributed by atoms with Crippen molar-refractivity contribution >= 4 is 11.8 Å². The second kappa shape index (κ2) is 4.32. The highest BCUT2D eigenvalue weighted by Crippen LogP contribution is 2.20. The van der Waals surface area contributed by atoms with Crippen LogP contribution in [-0.2, 0) is 6.42 Å². The maximum absolute atomic E-state index is 13.5. The molecule has 1 nitrogen and oxygen atoms in total. The molecule has 0 heterocycles. The standard InChI is InChI=1S/C11H16FNS/c1-11(2,13)7-8-4-5-9(14-3)6-10(8)12/h4-6H,7,13H2,1-3H3. The van der Waals surface area contributed by atoms with Crippen molar-refractivity contribution in [3.8, 4) is 0 Å². The van der Waals surface area contributed by atoms with Crippen molar-refractivity contribution in [3.63, 3.8) is 0 Å². The molecule has 0 aliphatic rings. The Balaban J connectivity index is 2.89. The summed E-state index contributed by atoms with van der Waals surface area (Å²) < 4.78 is 13.5. The normalized spacial score (nSPS) is 11.8. The first-order valence-electron chi connectivity index (χ1n) is 4.54. The van der Waals surface area contributed by atoms with Crippen LogP contribution in [0.1, 0.15) is 19.4 Å². The third-order valence-electron chi connectivity index (χ3n) is 1.91. The molecule has 3 heteroatoms. The van der Waals surface area contributed by atoms with Crippen LogP contribution in [0.5, 0.6) is 0 Å². The Bertz CT molecular complexity index is 318. The molecule has 2 N–H and O–H groups in total. The van der Waals surface area contributed by atoms with Gasteiger partial charge in [0, 0.05) is 10.4 Å². The number of thioether (sulfide) groups is 1. The minimum atomic E-state index is -0.359. The summed E-state index contributed by atoms with van der Waals surface area (Å²) in [4.78, 5) is 0.945. The van der Waals surface area contributed by atoms with E-state index in [0.29, 0.717) is 12.0 Å². The molecule has 1 aromatic carbocycles. The van der Waals surface area contributed by atoms with Crippen molar-refractivity contribution in [1.29, 1.82) is 0 Å². The molecular formula is C11H16FNS. The molecule has 0 spiro atoms. The summed E-state index contributed by atoms with van der Waals surface area (Å²) in [5.74, 6) is -0.157. The fourth-order valence-electron chi connectivity index (χ4n) is 1.29. The van der Waals surface area contributed by atoms with Gasteiger partial charge in [0.05, 0.1) is 0 Å². The molecule has 0 bridgehead atoms. The fraction of sp³-hybridized carbons (Fsp3) is 0.455. The van der Waals surface area contributed by atoms with Crippen LogP contribution < -0.4 is 5.73 Å². The van der Waals surface area contributed by atoms with E-state index in [0.717, 1.165) is 4.90 Å². The van der Waals surface area contributed by atoms with Gasteiger partial charge in [0.25, 0.3) is 0 Å². The molecule has 0 aliphatic carbocycles. The van der Waals surface area contributed by atoms with Crippen LogP contribution in [-0.4, -0.2) is 11.8 Å². The zero-order valence-corrected chi connectivity index (χ0v) is 9.62. The molecule has 0 aliphatic heterocycles. The van der Waals surface area contributed by atoms with Gasteiger partial charge in [0.1, 0.15) is 5.82 Å². The minimum Gasteiger partial charge on any atom is -0.325 e. The molecular weight excluding hydrogens is 197 g/mol. The summed E-state index contributed by atoms with van der Waals surface area (Å²) in [7, 11) is 0. The van der Waals surface area contributed by atoms with Crippen LogP contribution in [0.2, 0.25) is 0 Å². The maximum Gasteiger partial charge on any atom is 0.127 e. The summed E-state index contributed by atoms with van der Waals surface area (Å²) in [5.41, 5.74) is 6.17. The number of halogens is 1. The van der Waals surface area contributed by atoms with E-state index in [1.54, 1.807) is 6.07 Å². The molecule has 1 rings (SSSR count). The van der Waals surface area contributed by atoms with Crippen LogP contribution in [0.25, 0.3) is 0 Å². The lowest BCUT2D eigenvalue weighted by molar-refractivity contribution is 0.496. The van der Waals surface area contributed by atoms with Crippen molar-refractivity contribution in [3.05, 3.63) is 29.6 Å². The number of nitrogens with two attached hydrogens (primary N) is 1. The van der Waals surface area contributed by atoms with Gasteiger partial charge in [0.2, 0.25) is 0 Å². The van der Waals surface area contributed by atoms with E-state index in [-0.39, 0.29) is 11.4 Å². The van der Waals surface area contributed by atoms with Gasteiger partial charge in [-0.05, 0) is 44.2 Å². The quantitative estimate of drug-likeness (QED) is 0.781. The van der Waals surface area contributed by atoms with Crippen molar-refractivity contribution in [1.82, 2.24) is 0 Å². The summed E-state index contributed by atoms with van der Waals surface area (Å²) in [5, 5.41) is 0. The number of rotatable bonds is 3. The lowest BCUT2D eigenvalue weighted by atomic mass is 9.96. The molecule has 0 amide bonds. The van der Waals surface area contributed by atoms with E-state index in [1.807, 2.05) is 32.2 Å². The van der Waals surface area contributed by atoms with Gasteiger partial charge in [0.15, 0.2) is 0 Å². The number of hydrogen-bond donors (Lipinski definition) is 1. The number of hydrogen-bond acceptors (Lipinski definition) is 2. The van der Waals surface area contributed by atoms with Crippen molar-refractivity contribution in [2.24, 2.45) is 5.73 Å². The Morgan fingerprint density at radius 3 is 2.50 bits per heavy atom. The summed E-state index contributed by atoms with van der Waals surface area (Å²) in [6.07, 6.45) is 2.49. The van der Waals surface area contributed by atoms with Gasteiger partial charge < -0.3 is 5.73 Å². The maximum atomic E-state index is 13.5. The molecule has 1 aromatic rings. The SMILES string of the molecule is CSc1ccc(CC(C)(C)N)c(F)c1. The predicted octanol–water partition coefficient (Wildman–Crippen LogP) is 2.83. The van der Waals surface area contributed by atoms with Crippen molar-refractivity contribution in [2.75, 3.05) is 6.26 Å². The van der Waals surface area contributed by atoms with Gasteiger partial charge in [-0.15, -0.1) is 11.8 Å². The number of benzene rings is 1. The second-order valence-electron chi connectivity index (χ2n) is 4.12. The van der Waals surface area contributed by atoms with E-state index >= 15 is 0 Å². The topological polar surface area (TPSA) is 26.0 Å². The van der Waals surface area contributed by atoms with E-state index in [4.69, 9.17) is 5.73 Å². The monoisotopic (exact) mass is 213 g/mol. The van der Waals surface area contributed by atoms with Crippen LogP contribution in [0.4, 0.5) is 4.39 Å². The molecule has 0 atom stereocenters. The third kappa shape index (κ3) is 3.31. The molecule has 78 valence electrons. The Kier molecular flexibility index (Phi) is 3.56. The van der Waals surface area contributed by atoms with E-state index < -0.39 is 0 Å². The smallest absolute Gasteiger partial charge is 0.127 e. The Morgan fingerprint density at radius 1 is 1.43 bits per heavy atom. The molecule has 0 radical (unpaired) electrons. The molecule has 0 unspecified atom stereocenters. The first kappa shape index (κ1) is 11.5. The predicted molar refractivity (Wildman–Crippen MR) is 60.2 cm³/mol. The lowest BCUT2D eigenvalue weighted by Crippen LogP contribution is -2.34. The van der Waals surface area contributed by atoms with Crippen LogP contribution in [0, 0.1) is 5.82 Å². The Hall–Kier alpha value is -0.540. The Morgan fingerprint density at radius 2 is 2.07 bits per heavy atom. The Labute approximate surface area is 88.9 Å². The van der Waals surface area contributed by atoms with E-state index in [9.17, 15) is 4.39 Å². The summed E-state index contributed by atoms with van der Waals surface area (Å²) in [6, 6.07) is 5.30. The highest BCUT2D eigenvalue weighted by Gasteiger charge is 2.14. The van der Waals surface area contributed by atoms with Gasteiger partial charge in [-0.1, -0.05) is 6.07 Å². The van der Waals surface area contributed by atoms with Crippen LogP contribution in [0.15, 0.2) is 23.1 Å². The van der Waals surface area contributed by atoms with Gasteiger partial charge in [-0.25, -0.2) is 4.39 Å². The van der Waals surface area contributed by atoms with E-state index in [2.05, 4.69) is 0 Å². The fourth-order valence-corrected chi connectivity index (χ4v) is 1.71. The van der Waals surface area contributed by atoms with Gasteiger partial charge in [-0.2, -0.15) is 0 Å². The van der Waals surface area contributed by atoms with E-state index in [1.165, 1.54) is 11.8 Å². The molecule has 0 saturated heterocycles. The summed E-state index contributed by atoms with van der Waals surface area (Å²) >= 11 is 1.54. The average Bonchev–Trinajstić information content (AvgIpc) is 2.06. The third-order valence-corrected chi connectivity index (χ3v) is 2.63. The van der Waals surface area contributed by atoms with Gasteiger partial charge >= 0.3 is 0 Å². The molecule has 14 heavy (non-hydrogen) atoms. The van der Waals surface area contributed by atoms with Crippen LogP contribution >= 0.6 is 11.8 Å². The second-order valence-corrected chi connectivity index (χ2v) is 5.00. The van der Waals surface area contributed by atoms with Crippen molar-refractivity contribution in [2.45, 2.75) is 30.7 Å². The van der Waals surface area contributed by atoms with Crippen LogP contribution in [0.3, 0.4) is 0 Å². The first-order chi connectivity index (χ1) is 6.42. The molecule has 0 aromatic heterocycles. The van der Waals surface area contributed by atoms with Crippen molar-refractivity contribution < 1.29 is 4.39 Å².